The van der Waals surface area contributed by atoms with Crippen LogP contribution in [0.2, 0.25) is 0 Å². The van der Waals surface area contributed by atoms with Gasteiger partial charge in [-0.3, -0.25) is 4.79 Å². The summed E-state index contributed by atoms with van der Waals surface area (Å²) >= 11 is 0. The van der Waals surface area contributed by atoms with Crippen molar-refractivity contribution < 1.29 is 22.7 Å². The second-order valence-corrected chi connectivity index (χ2v) is 9.36. The molecule has 0 aliphatic rings. The molecule has 6 heteroatoms. The highest BCUT2D eigenvalue weighted by molar-refractivity contribution is 7.91. The van der Waals surface area contributed by atoms with E-state index in [2.05, 4.69) is 0 Å². The average Bonchev–Trinajstić information content (AvgIpc) is 2.68. The number of ether oxygens (including phenoxy) is 2. The van der Waals surface area contributed by atoms with Crippen molar-refractivity contribution >= 4 is 15.8 Å². The maximum absolute atomic E-state index is 12.8. The third-order valence-electron chi connectivity index (χ3n) is 4.83. The second-order valence-electron chi connectivity index (χ2n) is 7.41. The molecule has 28 heavy (non-hydrogen) atoms. The first-order valence-corrected chi connectivity index (χ1v) is 10.9. The van der Waals surface area contributed by atoms with Gasteiger partial charge in [-0.25, -0.2) is 8.42 Å². The molecule has 0 spiro atoms. The van der Waals surface area contributed by atoms with Crippen LogP contribution in [0.25, 0.3) is 0 Å². The molecule has 0 aromatic heterocycles. The lowest BCUT2D eigenvalue weighted by Crippen LogP contribution is -2.28. The number of hydrogen-bond donors (Lipinski definition) is 0. The molecule has 0 heterocycles. The van der Waals surface area contributed by atoms with Crippen LogP contribution in [0.4, 0.5) is 0 Å². The summed E-state index contributed by atoms with van der Waals surface area (Å²) in [4.78, 5) is 12.5. The number of sulfone groups is 1. The summed E-state index contributed by atoms with van der Waals surface area (Å²) in [5, 5.41) is 0. The molecule has 152 valence electrons. The Bertz CT molecular complexity index is 897. The van der Waals surface area contributed by atoms with Crippen LogP contribution in [0.15, 0.2) is 58.3 Å². The highest BCUT2D eigenvalue weighted by Crippen LogP contribution is 2.27. The predicted octanol–water partition coefficient (Wildman–Crippen LogP) is 5.04. The zero-order valence-corrected chi connectivity index (χ0v) is 17.9. The van der Waals surface area contributed by atoms with E-state index in [0.29, 0.717) is 17.9 Å². The normalized spacial score (nSPS) is 13.0. The van der Waals surface area contributed by atoms with Crippen LogP contribution >= 0.6 is 0 Å². The highest BCUT2D eigenvalue weighted by Gasteiger charge is 2.27. The molecule has 1 atom stereocenters. The first-order valence-electron chi connectivity index (χ1n) is 9.44. The van der Waals surface area contributed by atoms with Gasteiger partial charge in [-0.05, 0) is 82.1 Å². The van der Waals surface area contributed by atoms with Crippen molar-refractivity contribution in [2.75, 3.05) is 0 Å². The first kappa shape index (κ1) is 22.0. The Labute approximate surface area is 167 Å². The van der Waals surface area contributed by atoms with Crippen LogP contribution in [-0.2, 0) is 14.6 Å². The minimum atomic E-state index is -3.66. The Morgan fingerprint density at radius 1 is 0.929 bits per heavy atom. The van der Waals surface area contributed by atoms with Gasteiger partial charge in [-0.2, -0.15) is 0 Å². The van der Waals surface area contributed by atoms with Gasteiger partial charge in [0.15, 0.2) is 0 Å². The number of benzene rings is 2. The smallest absolute Gasteiger partial charge is 0.316 e. The van der Waals surface area contributed by atoms with E-state index in [1.165, 1.54) is 36.4 Å². The van der Waals surface area contributed by atoms with Crippen molar-refractivity contribution in [3.63, 3.8) is 0 Å². The molecule has 2 aromatic carbocycles. The molecule has 0 aliphatic carbocycles. The topological polar surface area (TPSA) is 69.7 Å². The fraction of sp³-hybridized carbons (Fsp3) is 0.409. The zero-order chi connectivity index (χ0) is 20.9. The number of carbonyl (C=O) groups excluding carboxylic acids is 1. The molecule has 2 rings (SSSR count). The van der Waals surface area contributed by atoms with Crippen LogP contribution in [0, 0.1) is 5.41 Å². The molecule has 0 aliphatic heterocycles. The molecule has 1 unspecified atom stereocenters. The first-order chi connectivity index (χ1) is 13.1. The molecule has 5 nitrogen and oxygen atoms in total. The highest BCUT2D eigenvalue weighted by atomic mass is 32.2. The van der Waals surface area contributed by atoms with Crippen molar-refractivity contribution in [3.05, 3.63) is 48.5 Å². The summed E-state index contributed by atoms with van der Waals surface area (Å²) < 4.78 is 36.7. The van der Waals surface area contributed by atoms with Gasteiger partial charge in [0.2, 0.25) is 9.84 Å². The van der Waals surface area contributed by atoms with Crippen LogP contribution in [0.1, 0.15) is 47.5 Å². The standard InChI is InChI=1S/C22H28O5S/c1-6-16(3)26-17-8-12-19(13-9-17)28(24,25)20-14-10-18(11-15-20)27-21(23)22(4,5)7-2/h8-16H,6-7H2,1-5H3. The van der Waals surface area contributed by atoms with E-state index in [1.54, 1.807) is 12.1 Å². The summed E-state index contributed by atoms with van der Waals surface area (Å²) in [6, 6.07) is 12.3. The predicted molar refractivity (Wildman–Crippen MR) is 108 cm³/mol. The lowest BCUT2D eigenvalue weighted by atomic mass is 9.91. The molecule has 0 saturated carbocycles. The maximum atomic E-state index is 12.8. The monoisotopic (exact) mass is 404 g/mol. The minimum Gasteiger partial charge on any atom is -0.491 e. The van der Waals surface area contributed by atoms with Crippen molar-refractivity contribution in [2.24, 2.45) is 5.41 Å². The molecule has 0 bridgehead atoms. The van der Waals surface area contributed by atoms with Gasteiger partial charge in [0.1, 0.15) is 11.5 Å². The quantitative estimate of drug-likeness (QED) is 0.455. The average molecular weight is 405 g/mol. The Morgan fingerprint density at radius 3 is 1.82 bits per heavy atom. The van der Waals surface area contributed by atoms with E-state index in [9.17, 15) is 13.2 Å². The molecule has 0 N–H and O–H groups in total. The van der Waals surface area contributed by atoms with Crippen LogP contribution in [0.3, 0.4) is 0 Å². The van der Waals surface area contributed by atoms with E-state index in [1.807, 2.05) is 34.6 Å². The Morgan fingerprint density at radius 2 is 1.39 bits per heavy atom. The van der Waals surface area contributed by atoms with Gasteiger partial charge in [-0.15, -0.1) is 0 Å². The maximum Gasteiger partial charge on any atom is 0.316 e. The van der Waals surface area contributed by atoms with Crippen molar-refractivity contribution in [1.82, 2.24) is 0 Å². The van der Waals surface area contributed by atoms with Crippen LogP contribution in [-0.4, -0.2) is 20.5 Å². The SMILES string of the molecule is CCC(C)Oc1ccc(S(=O)(=O)c2ccc(OC(=O)C(C)(C)CC)cc2)cc1. The van der Waals surface area contributed by atoms with Crippen LogP contribution in [0.5, 0.6) is 11.5 Å². The van der Waals surface area contributed by atoms with E-state index in [-0.39, 0.29) is 21.9 Å². The number of rotatable bonds is 8. The molecule has 0 amide bonds. The van der Waals surface area contributed by atoms with Crippen molar-refractivity contribution in [2.45, 2.75) is 63.4 Å². The summed E-state index contributed by atoms with van der Waals surface area (Å²) in [6.07, 6.45) is 1.58. The van der Waals surface area contributed by atoms with Crippen LogP contribution < -0.4 is 9.47 Å². The molecular formula is C22H28O5S. The Balaban J connectivity index is 2.17. The third kappa shape index (κ3) is 5.13. The fourth-order valence-corrected chi connectivity index (χ4v) is 3.49. The number of carbonyl (C=O) groups is 1. The minimum absolute atomic E-state index is 0.0652. The summed E-state index contributed by atoms with van der Waals surface area (Å²) in [6.45, 7) is 9.51. The second kappa shape index (κ2) is 8.78. The molecule has 0 fully saturated rings. The lowest BCUT2D eigenvalue weighted by Gasteiger charge is -2.20. The van der Waals surface area contributed by atoms with Crippen molar-refractivity contribution in [3.8, 4) is 11.5 Å². The molecular weight excluding hydrogens is 376 g/mol. The van der Waals surface area contributed by atoms with Gasteiger partial charge >= 0.3 is 5.97 Å². The lowest BCUT2D eigenvalue weighted by molar-refractivity contribution is -0.144. The Kier molecular flexibility index (Phi) is 6.88. The molecule has 0 saturated heterocycles. The zero-order valence-electron chi connectivity index (χ0n) is 17.1. The third-order valence-corrected chi connectivity index (χ3v) is 6.61. The van der Waals surface area contributed by atoms with Gasteiger partial charge in [0.05, 0.1) is 21.3 Å². The van der Waals surface area contributed by atoms with Gasteiger partial charge in [0.25, 0.3) is 0 Å². The van der Waals surface area contributed by atoms with Crippen molar-refractivity contribution in [1.29, 1.82) is 0 Å². The van der Waals surface area contributed by atoms with E-state index in [0.717, 1.165) is 6.42 Å². The van der Waals surface area contributed by atoms with E-state index < -0.39 is 15.3 Å². The van der Waals surface area contributed by atoms with E-state index in [4.69, 9.17) is 9.47 Å². The fourth-order valence-electron chi connectivity index (χ4n) is 2.23. The van der Waals surface area contributed by atoms with Gasteiger partial charge in [-0.1, -0.05) is 13.8 Å². The summed E-state index contributed by atoms with van der Waals surface area (Å²) in [5.41, 5.74) is -0.593. The Hall–Kier alpha value is -2.34. The van der Waals surface area contributed by atoms with Gasteiger partial charge in [0, 0.05) is 0 Å². The summed E-state index contributed by atoms with van der Waals surface area (Å²) in [7, 11) is -3.66. The molecule has 0 radical (unpaired) electrons. The number of hydrogen-bond acceptors (Lipinski definition) is 5. The van der Waals surface area contributed by atoms with Gasteiger partial charge < -0.3 is 9.47 Å². The molecule has 2 aromatic rings. The summed E-state index contributed by atoms with van der Waals surface area (Å²) in [5.74, 6) is 0.611. The number of esters is 1. The largest absolute Gasteiger partial charge is 0.491 e. The van der Waals surface area contributed by atoms with E-state index >= 15 is 0 Å².